The zero-order valence-corrected chi connectivity index (χ0v) is 19.5. The van der Waals surface area contributed by atoms with Crippen LogP contribution in [0.4, 0.5) is 11.4 Å². The molecule has 1 N–H and O–H groups in total. The first-order valence-electron chi connectivity index (χ1n) is 11.7. The molecule has 0 aromatic heterocycles. The van der Waals surface area contributed by atoms with Crippen molar-refractivity contribution in [3.63, 3.8) is 0 Å². The molecule has 0 bridgehead atoms. The topological polar surface area (TPSA) is 61.9 Å². The van der Waals surface area contributed by atoms with Crippen LogP contribution in [0.3, 0.4) is 0 Å². The molecule has 1 heterocycles. The van der Waals surface area contributed by atoms with Gasteiger partial charge >= 0.3 is 0 Å². The number of fused-ring (bicyclic) bond motifs is 1. The van der Waals surface area contributed by atoms with E-state index < -0.39 is 6.10 Å². The van der Waals surface area contributed by atoms with Crippen LogP contribution in [-0.2, 0) is 9.59 Å². The monoisotopic (exact) mass is 437 g/mol. The maximum atomic E-state index is 12.9. The molecule has 1 aliphatic heterocycles. The first-order chi connectivity index (χ1) is 15.5. The average molecular weight is 438 g/mol. The molecule has 0 fully saturated rings. The van der Waals surface area contributed by atoms with E-state index in [9.17, 15) is 9.59 Å². The number of aryl methyl sites for hydroxylation is 1. The van der Waals surface area contributed by atoms with E-state index in [0.717, 1.165) is 37.9 Å². The Kier molecular flexibility index (Phi) is 8.54. The SMILES string of the molecule is CCCCN(CCCNC(=O)CN1C(=O)C(CC)Oc2ccc(C)cc21)c1ccccc1. The second-order valence-corrected chi connectivity index (χ2v) is 8.29. The van der Waals surface area contributed by atoms with Gasteiger partial charge in [0, 0.05) is 25.3 Å². The molecule has 2 aromatic rings. The largest absolute Gasteiger partial charge is 0.478 e. The van der Waals surface area contributed by atoms with Gasteiger partial charge in [0.2, 0.25) is 5.91 Å². The van der Waals surface area contributed by atoms with Gasteiger partial charge in [-0.05, 0) is 56.0 Å². The summed E-state index contributed by atoms with van der Waals surface area (Å²) in [5.41, 5.74) is 2.90. The van der Waals surface area contributed by atoms with E-state index in [1.54, 1.807) is 4.90 Å². The maximum absolute atomic E-state index is 12.9. The van der Waals surface area contributed by atoms with E-state index in [0.29, 0.717) is 24.4 Å². The summed E-state index contributed by atoms with van der Waals surface area (Å²) in [7, 11) is 0. The van der Waals surface area contributed by atoms with Crippen molar-refractivity contribution in [2.75, 3.05) is 36.0 Å². The number of hydrogen-bond donors (Lipinski definition) is 1. The van der Waals surface area contributed by atoms with Crippen molar-refractivity contribution in [3.8, 4) is 5.75 Å². The van der Waals surface area contributed by atoms with Crippen molar-refractivity contribution in [2.24, 2.45) is 0 Å². The summed E-state index contributed by atoms with van der Waals surface area (Å²) in [6.07, 6.45) is 3.15. The number of unbranched alkanes of at least 4 members (excludes halogenated alkanes) is 1. The Balaban J connectivity index is 1.55. The normalized spacial score (nSPS) is 15.2. The van der Waals surface area contributed by atoms with Gasteiger partial charge in [0.25, 0.3) is 5.91 Å². The highest BCUT2D eigenvalue weighted by Crippen LogP contribution is 2.35. The van der Waals surface area contributed by atoms with E-state index in [2.05, 4.69) is 41.4 Å². The molecular weight excluding hydrogens is 402 g/mol. The van der Waals surface area contributed by atoms with E-state index >= 15 is 0 Å². The number of anilines is 2. The smallest absolute Gasteiger partial charge is 0.268 e. The highest BCUT2D eigenvalue weighted by atomic mass is 16.5. The second-order valence-electron chi connectivity index (χ2n) is 8.29. The first-order valence-corrected chi connectivity index (χ1v) is 11.7. The van der Waals surface area contributed by atoms with Gasteiger partial charge in [-0.3, -0.25) is 14.5 Å². The Hall–Kier alpha value is -3.02. The molecule has 3 rings (SSSR count). The third-order valence-corrected chi connectivity index (χ3v) is 5.72. The molecule has 1 unspecified atom stereocenters. The van der Waals surface area contributed by atoms with Gasteiger partial charge in [-0.25, -0.2) is 0 Å². The third kappa shape index (κ3) is 6.02. The Labute approximate surface area is 191 Å². The van der Waals surface area contributed by atoms with Crippen molar-refractivity contribution >= 4 is 23.2 Å². The molecule has 0 radical (unpaired) electrons. The second kappa shape index (κ2) is 11.6. The van der Waals surface area contributed by atoms with Crippen LogP contribution in [-0.4, -0.2) is 44.1 Å². The molecule has 1 atom stereocenters. The number of benzene rings is 2. The fourth-order valence-electron chi connectivity index (χ4n) is 3.91. The quantitative estimate of drug-likeness (QED) is 0.532. The number of hydrogen-bond acceptors (Lipinski definition) is 4. The third-order valence-electron chi connectivity index (χ3n) is 5.72. The maximum Gasteiger partial charge on any atom is 0.268 e. The number of nitrogens with zero attached hydrogens (tertiary/aromatic N) is 2. The fraction of sp³-hybridized carbons (Fsp3) is 0.462. The van der Waals surface area contributed by atoms with Crippen molar-refractivity contribution in [3.05, 3.63) is 54.1 Å². The van der Waals surface area contributed by atoms with E-state index in [4.69, 9.17) is 4.74 Å². The van der Waals surface area contributed by atoms with E-state index in [1.165, 1.54) is 5.69 Å². The van der Waals surface area contributed by atoms with Crippen LogP contribution >= 0.6 is 0 Å². The highest BCUT2D eigenvalue weighted by molar-refractivity contribution is 6.03. The van der Waals surface area contributed by atoms with Crippen LogP contribution in [0.15, 0.2) is 48.5 Å². The van der Waals surface area contributed by atoms with Crippen molar-refractivity contribution in [2.45, 2.75) is 52.6 Å². The van der Waals surface area contributed by atoms with Crippen LogP contribution in [0, 0.1) is 6.92 Å². The molecule has 6 heteroatoms. The van der Waals surface area contributed by atoms with Crippen LogP contribution < -0.4 is 19.9 Å². The molecule has 0 aliphatic carbocycles. The summed E-state index contributed by atoms with van der Waals surface area (Å²) in [5.74, 6) is 0.349. The summed E-state index contributed by atoms with van der Waals surface area (Å²) in [4.78, 5) is 29.5. The zero-order chi connectivity index (χ0) is 22.9. The number of para-hydroxylation sites is 1. The van der Waals surface area contributed by atoms with Crippen LogP contribution in [0.25, 0.3) is 0 Å². The lowest BCUT2D eigenvalue weighted by atomic mass is 10.1. The Morgan fingerprint density at radius 1 is 1.09 bits per heavy atom. The zero-order valence-electron chi connectivity index (χ0n) is 19.5. The minimum atomic E-state index is -0.545. The highest BCUT2D eigenvalue weighted by Gasteiger charge is 2.34. The number of amides is 2. The number of nitrogens with one attached hydrogen (secondary N) is 1. The lowest BCUT2D eigenvalue weighted by molar-refractivity contribution is -0.129. The molecule has 0 spiro atoms. The van der Waals surface area contributed by atoms with Gasteiger partial charge in [-0.15, -0.1) is 0 Å². The Morgan fingerprint density at radius 2 is 1.84 bits per heavy atom. The summed E-state index contributed by atoms with van der Waals surface area (Å²) in [6.45, 7) is 8.53. The van der Waals surface area contributed by atoms with Gasteiger partial charge in [0.15, 0.2) is 6.10 Å². The molecule has 32 heavy (non-hydrogen) atoms. The van der Waals surface area contributed by atoms with Crippen LogP contribution in [0.2, 0.25) is 0 Å². The van der Waals surface area contributed by atoms with Crippen LogP contribution in [0.5, 0.6) is 5.75 Å². The van der Waals surface area contributed by atoms with Gasteiger partial charge in [-0.2, -0.15) is 0 Å². The van der Waals surface area contributed by atoms with Gasteiger partial charge in [0.1, 0.15) is 12.3 Å². The van der Waals surface area contributed by atoms with Gasteiger partial charge < -0.3 is 15.0 Å². The van der Waals surface area contributed by atoms with Crippen molar-refractivity contribution in [1.29, 1.82) is 0 Å². The van der Waals surface area contributed by atoms with Crippen molar-refractivity contribution in [1.82, 2.24) is 5.32 Å². The lowest BCUT2D eigenvalue weighted by Crippen LogP contribution is -2.49. The summed E-state index contributed by atoms with van der Waals surface area (Å²) in [5, 5.41) is 2.99. The van der Waals surface area contributed by atoms with Crippen LogP contribution in [0.1, 0.15) is 45.1 Å². The van der Waals surface area contributed by atoms with Gasteiger partial charge in [-0.1, -0.05) is 44.5 Å². The van der Waals surface area contributed by atoms with Gasteiger partial charge in [0.05, 0.1) is 5.69 Å². The minimum Gasteiger partial charge on any atom is -0.478 e. The molecule has 0 saturated carbocycles. The lowest BCUT2D eigenvalue weighted by Gasteiger charge is -2.34. The molecular formula is C26H35N3O3. The molecule has 2 amide bonds. The van der Waals surface area contributed by atoms with Crippen molar-refractivity contribution < 1.29 is 14.3 Å². The van der Waals surface area contributed by atoms with E-state index in [-0.39, 0.29) is 18.4 Å². The van der Waals surface area contributed by atoms with E-state index in [1.807, 2.05) is 38.1 Å². The summed E-state index contributed by atoms with van der Waals surface area (Å²) >= 11 is 0. The predicted molar refractivity (Wildman–Crippen MR) is 129 cm³/mol. The summed E-state index contributed by atoms with van der Waals surface area (Å²) < 4.78 is 5.83. The first kappa shape index (κ1) is 23.6. The molecule has 172 valence electrons. The average Bonchev–Trinajstić information content (AvgIpc) is 2.81. The molecule has 6 nitrogen and oxygen atoms in total. The summed E-state index contributed by atoms with van der Waals surface area (Å²) in [6, 6.07) is 16.1. The standard InChI is InChI=1S/C26H35N3O3/c1-4-6-16-28(21-11-8-7-9-12-21)17-10-15-27-25(30)19-29-22-18-20(3)13-14-24(22)32-23(5-2)26(29)31/h7-9,11-14,18,23H,4-6,10,15-17,19H2,1-3H3,(H,27,30). The number of carbonyl (C=O) groups excluding carboxylic acids is 2. The number of rotatable bonds is 11. The number of ether oxygens (including phenoxy) is 1. The molecule has 0 saturated heterocycles. The fourth-order valence-corrected chi connectivity index (χ4v) is 3.91. The Bertz CT molecular complexity index is 900. The predicted octanol–water partition coefficient (Wildman–Crippen LogP) is 4.31. The Morgan fingerprint density at radius 3 is 2.56 bits per heavy atom. The minimum absolute atomic E-state index is 0.00732. The molecule has 2 aromatic carbocycles. The molecule has 1 aliphatic rings. The number of carbonyl (C=O) groups is 2.